The molecule has 1 aromatic rings. The van der Waals surface area contributed by atoms with Crippen molar-refractivity contribution in [3.8, 4) is 11.5 Å². The largest absolute Gasteiger partial charge is 0.454 e. The summed E-state index contributed by atoms with van der Waals surface area (Å²) in [4.78, 5) is 19.2. The minimum Gasteiger partial charge on any atom is -0.454 e. The first-order valence-corrected chi connectivity index (χ1v) is 9.97. The number of piperazine rings is 1. The Kier molecular flexibility index (Phi) is 5.05. The van der Waals surface area contributed by atoms with Crippen LogP contribution in [0.15, 0.2) is 18.2 Å². The fourth-order valence-electron chi connectivity index (χ4n) is 3.57. The summed E-state index contributed by atoms with van der Waals surface area (Å²) in [6, 6.07) is 6.02. The van der Waals surface area contributed by atoms with Crippen molar-refractivity contribution < 1.29 is 14.3 Å². The molecule has 1 atom stereocenters. The molecule has 3 heterocycles. The Morgan fingerprint density at radius 2 is 1.92 bits per heavy atom. The van der Waals surface area contributed by atoms with E-state index in [1.54, 1.807) is 11.8 Å². The Morgan fingerprint density at radius 1 is 1.12 bits per heavy atom. The maximum atomic E-state index is 12.3. The summed E-state index contributed by atoms with van der Waals surface area (Å²) in [6.45, 7) is 6.70. The summed E-state index contributed by atoms with van der Waals surface area (Å²) >= 11 is 1.70. The molecule has 0 unspecified atom stereocenters. The van der Waals surface area contributed by atoms with Gasteiger partial charge in [-0.05, 0) is 37.7 Å². The Morgan fingerprint density at radius 3 is 2.76 bits per heavy atom. The van der Waals surface area contributed by atoms with Crippen LogP contribution in [0.25, 0.3) is 0 Å². The first-order valence-electron chi connectivity index (χ1n) is 8.92. The van der Waals surface area contributed by atoms with Crippen molar-refractivity contribution in [1.29, 1.82) is 0 Å². The summed E-state index contributed by atoms with van der Waals surface area (Å²) in [5.41, 5.74) is 1.12. The summed E-state index contributed by atoms with van der Waals surface area (Å²) < 4.78 is 10.9. The van der Waals surface area contributed by atoms with Crippen LogP contribution < -0.4 is 9.47 Å². The monoisotopic (exact) mass is 363 g/mol. The van der Waals surface area contributed by atoms with Crippen LogP contribution >= 0.6 is 11.8 Å². The van der Waals surface area contributed by atoms with Crippen LogP contribution in [0.4, 0.5) is 0 Å². The molecule has 7 heteroatoms. The molecule has 2 fully saturated rings. The molecule has 136 valence electrons. The number of fused-ring (bicyclic) bond motifs is 1. The maximum Gasteiger partial charge on any atom is 0.233 e. The van der Waals surface area contributed by atoms with Gasteiger partial charge in [0, 0.05) is 32.7 Å². The van der Waals surface area contributed by atoms with Gasteiger partial charge in [-0.25, -0.2) is 0 Å². The molecule has 6 nitrogen and oxygen atoms in total. The number of nitrogens with zero attached hydrogens (tertiary/aromatic N) is 3. The summed E-state index contributed by atoms with van der Waals surface area (Å²) in [5, 5.41) is 0.0921. The van der Waals surface area contributed by atoms with E-state index in [9.17, 15) is 4.79 Å². The first kappa shape index (κ1) is 17.0. The summed E-state index contributed by atoms with van der Waals surface area (Å²) in [6.07, 6.45) is 1.02. The van der Waals surface area contributed by atoms with Gasteiger partial charge in [-0.3, -0.25) is 4.79 Å². The van der Waals surface area contributed by atoms with Gasteiger partial charge in [0.1, 0.15) is 5.37 Å². The van der Waals surface area contributed by atoms with Crippen LogP contribution in [0.5, 0.6) is 11.5 Å². The van der Waals surface area contributed by atoms with Crippen molar-refractivity contribution in [3.05, 3.63) is 23.8 Å². The number of thioether (sulfide) groups is 1. The molecule has 4 rings (SSSR count). The number of benzene rings is 1. The first-order chi connectivity index (χ1) is 12.2. The number of ether oxygens (including phenoxy) is 2. The standard InChI is InChI=1S/C18H25N3O3S/c1-19-7-9-20(10-8-19)5-2-6-21-17(22)12-25-18(21)14-3-4-15-16(11-14)24-13-23-15/h3-4,11,18H,2,5-10,12-13H2,1H3/t18-/m0/s1. The van der Waals surface area contributed by atoms with Crippen LogP contribution in [0.2, 0.25) is 0 Å². The number of likely N-dealkylation sites (N-methyl/N-ethyl adjacent to an activating group) is 1. The van der Waals surface area contributed by atoms with Crippen LogP contribution in [-0.2, 0) is 4.79 Å². The zero-order chi connectivity index (χ0) is 17.2. The van der Waals surface area contributed by atoms with Gasteiger partial charge in [0.25, 0.3) is 0 Å². The molecule has 0 saturated carbocycles. The summed E-state index contributed by atoms with van der Waals surface area (Å²) in [7, 11) is 2.17. The van der Waals surface area contributed by atoms with Gasteiger partial charge in [0.15, 0.2) is 11.5 Å². The zero-order valence-electron chi connectivity index (χ0n) is 14.6. The highest BCUT2D eigenvalue weighted by atomic mass is 32.2. The van der Waals surface area contributed by atoms with E-state index >= 15 is 0 Å². The van der Waals surface area contributed by atoms with Crippen molar-refractivity contribution >= 4 is 17.7 Å². The van der Waals surface area contributed by atoms with E-state index in [2.05, 4.69) is 22.9 Å². The SMILES string of the molecule is CN1CCN(CCCN2C(=O)CS[C@H]2c2ccc3c(c2)OCO3)CC1. The third-order valence-corrected chi connectivity index (χ3v) is 6.38. The smallest absolute Gasteiger partial charge is 0.233 e. The van der Waals surface area contributed by atoms with Crippen molar-refractivity contribution in [2.45, 2.75) is 11.8 Å². The fraction of sp³-hybridized carbons (Fsp3) is 0.611. The average molecular weight is 363 g/mol. The second-order valence-corrected chi connectivity index (χ2v) is 7.93. The van der Waals surface area contributed by atoms with Gasteiger partial charge in [-0.2, -0.15) is 0 Å². The average Bonchev–Trinajstić information content (AvgIpc) is 3.23. The van der Waals surface area contributed by atoms with E-state index in [-0.39, 0.29) is 18.1 Å². The van der Waals surface area contributed by atoms with Gasteiger partial charge in [0.2, 0.25) is 12.7 Å². The lowest BCUT2D eigenvalue weighted by molar-refractivity contribution is -0.128. The van der Waals surface area contributed by atoms with Crippen molar-refractivity contribution in [2.24, 2.45) is 0 Å². The number of hydrogen-bond donors (Lipinski definition) is 0. The second-order valence-electron chi connectivity index (χ2n) is 6.86. The molecule has 3 aliphatic heterocycles. The molecular formula is C18H25N3O3S. The molecule has 0 aromatic heterocycles. The molecule has 25 heavy (non-hydrogen) atoms. The molecule has 1 amide bonds. The maximum absolute atomic E-state index is 12.3. The lowest BCUT2D eigenvalue weighted by Gasteiger charge is -2.33. The number of rotatable bonds is 5. The Labute approximate surface area is 153 Å². The molecule has 0 aliphatic carbocycles. The van der Waals surface area contributed by atoms with Crippen LogP contribution in [0, 0.1) is 0 Å². The van der Waals surface area contributed by atoms with E-state index in [0.717, 1.165) is 62.8 Å². The zero-order valence-corrected chi connectivity index (χ0v) is 15.5. The molecule has 1 aromatic carbocycles. The molecule has 0 radical (unpaired) electrons. The van der Waals surface area contributed by atoms with Gasteiger partial charge in [-0.1, -0.05) is 6.07 Å². The molecule has 0 bridgehead atoms. The number of carbonyl (C=O) groups excluding carboxylic acids is 1. The Hall–Kier alpha value is -1.44. The second kappa shape index (κ2) is 7.43. The third kappa shape index (κ3) is 3.73. The van der Waals surface area contributed by atoms with Crippen LogP contribution in [-0.4, -0.2) is 79.5 Å². The minimum absolute atomic E-state index is 0.0921. The number of amides is 1. The van der Waals surface area contributed by atoms with Gasteiger partial charge < -0.3 is 24.2 Å². The van der Waals surface area contributed by atoms with E-state index in [1.165, 1.54) is 0 Å². The minimum atomic E-state index is 0.0921. The van der Waals surface area contributed by atoms with Crippen molar-refractivity contribution in [1.82, 2.24) is 14.7 Å². The van der Waals surface area contributed by atoms with Gasteiger partial charge in [-0.15, -0.1) is 11.8 Å². The normalized spacial score (nSPS) is 24.3. The molecule has 0 spiro atoms. The lowest BCUT2D eigenvalue weighted by Crippen LogP contribution is -2.45. The van der Waals surface area contributed by atoms with Crippen LogP contribution in [0.1, 0.15) is 17.4 Å². The highest BCUT2D eigenvalue weighted by Crippen LogP contribution is 2.42. The van der Waals surface area contributed by atoms with Gasteiger partial charge >= 0.3 is 0 Å². The predicted octanol–water partition coefficient (Wildman–Crippen LogP) is 1.63. The van der Waals surface area contributed by atoms with E-state index < -0.39 is 0 Å². The fourth-order valence-corrected chi connectivity index (χ4v) is 4.78. The Bertz CT molecular complexity index is 634. The quantitative estimate of drug-likeness (QED) is 0.792. The topological polar surface area (TPSA) is 45.2 Å². The number of hydrogen-bond acceptors (Lipinski definition) is 6. The van der Waals surface area contributed by atoms with E-state index in [0.29, 0.717) is 5.75 Å². The number of carbonyl (C=O) groups is 1. The highest BCUT2D eigenvalue weighted by molar-refractivity contribution is 8.00. The van der Waals surface area contributed by atoms with Crippen LogP contribution in [0.3, 0.4) is 0 Å². The van der Waals surface area contributed by atoms with Crippen molar-refractivity contribution in [3.63, 3.8) is 0 Å². The molecule has 3 aliphatic rings. The highest BCUT2D eigenvalue weighted by Gasteiger charge is 2.33. The Balaban J connectivity index is 1.35. The summed E-state index contributed by atoms with van der Waals surface area (Å²) in [5.74, 6) is 2.38. The molecule has 0 N–H and O–H groups in total. The van der Waals surface area contributed by atoms with Crippen molar-refractivity contribution in [2.75, 3.05) is 58.9 Å². The third-order valence-electron chi connectivity index (χ3n) is 5.12. The predicted molar refractivity (Wildman–Crippen MR) is 98.0 cm³/mol. The van der Waals surface area contributed by atoms with E-state index in [4.69, 9.17) is 9.47 Å². The molecule has 2 saturated heterocycles. The molecular weight excluding hydrogens is 338 g/mol. The van der Waals surface area contributed by atoms with Gasteiger partial charge in [0.05, 0.1) is 5.75 Å². The lowest BCUT2D eigenvalue weighted by atomic mass is 10.1. The van der Waals surface area contributed by atoms with E-state index in [1.807, 2.05) is 17.0 Å².